The zero-order chi connectivity index (χ0) is 17.9. The summed E-state index contributed by atoms with van der Waals surface area (Å²) in [5.41, 5.74) is 3.75. The molecule has 0 bridgehead atoms. The summed E-state index contributed by atoms with van der Waals surface area (Å²) in [6.07, 6.45) is 2.98. The third-order valence-corrected chi connectivity index (χ3v) is 5.26. The maximum atomic E-state index is 12.4. The first kappa shape index (κ1) is 17.0. The van der Waals surface area contributed by atoms with E-state index in [2.05, 4.69) is 16.1 Å². The fourth-order valence-electron chi connectivity index (χ4n) is 3.81. The fourth-order valence-corrected chi connectivity index (χ4v) is 3.81. The smallest absolute Gasteiger partial charge is 0.267 e. The SMILES string of the molecule is N#Cc1ccc(CN2CCCC2Cn2nc3c(cc2=O)COCC3)cc1. The molecule has 4 rings (SSSR count). The van der Waals surface area contributed by atoms with Gasteiger partial charge >= 0.3 is 0 Å². The van der Waals surface area contributed by atoms with Gasteiger partial charge in [-0.25, -0.2) is 4.68 Å². The van der Waals surface area contributed by atoms with E-state index in [0.717, 1.165) is 43.6 Å². The number of hydrogen-bond acceptors (Lipinski definition) is 5. The number of rotatable bonds is 4. The van der Waals surface area contributed by atoms with Gasteiger partial charge in [0.2, 0.25) is 0 Å². The van der Waals surface area contributed by atoms with Crippen LogP contribution in [-0.4, -0.2) is 33.9 Å². The van der Waals surface area contributed by atoms with Crippen molar-refractivity contribution in [1.82, 2.24) is 14.7 Å². The predicted octanol–water partition coefficient (Wildman–Crippen LogP) is 1.85. The molecule has 1 saturated heterocycles. The zero-order valence-corrected chi connectivity index (χ0v) is 14.7. The van der Waals surface area contributed by atoms with Gasteiger partial charge < -0.3 is 4.74 Å². The lowest BCUT2D eigenvalue weighted by Gasteiger charge is -2.25. The van der Waals surface area contributed by atoms with Crippen LogP contribution in [0.2, 0.25) is 0 Å². The van der Waals surface area contributed by atoms with Gasteiger partial charge in [0.25, 0.3) is 5.56 Å². The van der Waals surface area contributed by atoms with Crippen LogP contribution in [0, 0.1) is 11.3 Å². The summed E-state index contributed by atoms with van der Waals surface area (Å²) in [4.78, 5) is 14.8. The maximum Gasteiger partial charge on any atom is 0.267 e. The molecule has 0 amide bonds. The minimum absolute atomic E-state index is 0.0422. The van der Waals surface area contributed by atoms with Crippen molar-refractivity contribution in [3.05, 3.63) is 63.1 Å². The molecule has 134 valence electrons. The van der Waals surface area contributed by atoms with Crippen molar-refractivity contribution in [2.24, 2.45) is 0 Å². The van der Waals surface area contributed by atoms with Gasteiger partial charge in [0, 0.05) is 30.6 Å². The van der Waals surface area contributed by atoms with Crippen LogP contribution in [-0.2, 0) is 30.9 Å². The Balaban J connectivity index is 1.48. The van der Waals surface area contributed by atoms with E-state index in [9.17, 15) is 4.79 Å². The Labute approximate surface area is 152 Å². The van der Waals surface area contributed by atoms with Crippen LogP contribution in [0.4, 0.5) is 0 Å². The molecule has 1 fully saturated rings. The number of likely N-dealkylation sites (tertiary alicyclic amines) is 1. The summed E-state index contributed by atoms with van der Waals surface area (Å²) >= 11 is 0. The van der Waals surface area contributed by atoms with Crippen LogP contribution in [0.1, 0.15) is 35.2 Å². The van der Waals surface area contributed by atoms with Crippen LogP contribution in [0.5, 0.6) is 0 Å². The number of aromatic nitrogens is 2. The largest absolute Gasteiger partial charge is 0.376 e. The normalized spacial score (nSPS) is 19.9. The molecule has 0 saturated carbocycles. The molecule has 2 aromatic rings. The number of fused-ring (bicyclic) bond motifs is 1. The van der Waals surface area contributed by atoms with E-state index in [-0.39, 0.29) is 5.56 Å². The van der Waals surface area contributed by atoms with Crippen molar-refractivity contribution < 1.29 is 4.74 Å². The second-order valence-electron chi connectivity index (χ2n) is 7.01. The fraction of sp³-hybridized carbons (Fsp3) is 0.450. The molecule has 6 nitrogen and oxygen atoms in total. The Morgan fingerprint density at radius 1 is 1.31 bits per heavy atom. The Morgan fingerprint density at radius 3 is 2.96 bits per heavy atom. The number of ether oxygens (including phenoxy) is 1. The number of benzene rings is 1. The van der Waals surface area contributed by atoms with E-state index < -0.39 is 0 Å². The van der Waals surface area contributed by atoms with E-state index in [1.807, 2.05) is 24.3 Å². The van der Waals surface area contributed by atoms with E-state index in [1.165, 1.54) is 5.56 Å². The molecule has 2 aliphatic heterocycles. The summed E-state index contributed by atoms with van der Waals surface area (Å²) in [7, 11) is 0. The Bertz CT molecular complexity index is 882. The topological polar surface area (TPSA) is 71.2 Å². The molecular weight excluding hydrogens is 328 g/mol. The number of hydrogen-bond donors (Lipinski definition) is 0. The highest BCUT2D eigenvalue weighted by Crippen LogP contribution is 2.21. The van der Waals surface area contributed by atoms with E-state index in [4.69, 9.17) is 10.00 Å². The highest BCUT2D eigenvalue weighted by Gasteiger charge is 2.26. The minimum atomic E-state index is -0.0422. The Hall–Kier alpha value is -2.49. The van der Waals surface area contributed by atoms with Crippen molar-refractivity contribution in [2.75, 3.05) is 13.2 Å². The van der Waals surface area contributed by atoms with Gasteiger partial charge in [0.05, 0.1) is 37.1 Å². The monoisotopic (exact) mass is 350 g/mol. The molecular formula is C20H22N4O2. The quantitative estimate of drug-likeness (QED) is 0.842. The van der Waals surface area contributed by atoms with E-state index in [0.29, 0.717) is 31.4 Å². The van der Waals surface area contributed by atoms with Crippen LogP contribution in [0.15, 0.2) is 35.1 Å². The standard InChI is InChI=1S/C20H22N4O2/c21-11-15-3-5-16(6-4-15)12-23-8-1-2-18(23)13-24-20(25)10-17-14-26-9-7-19(17)22-24/h3-6,10,18H,1-2,7-9,12-14H2. The summed E-state index contributed by atoms with van der Waals surface area (Å²) in [5.74, 6) is 0. The molecule has 1 atom stereocenters. The lowest BCUT2D eigenvalue weighted by atomic mass is 10.1. The number of nitriles is 1. The van der Waals surface area contributed by atoms with Crippen molar-refractivity contribution in [2.45, 2.75) is 45.0 Å². The zero-order valence-electron chi connectivity index (χ0n) is 14.7. The summed E-state index contributed by atoms with van der Waals surface area (Å²) in [6.45, 7) is 3.66. The van der Waals surface area contributed by atoms with Crippen LogP contribution in [0.25, 0.3) is 0 Å². The first-order valence-electron chi connectivity index (χ1n) is 9.14. The average molecular weight is 350 g/mol. The third kappa shape index (κ3) is 3.55. The summed E-state index contributed by atoms with van der Waals surface area (Å²) in [5, 5.41) is 13.5. The molecule has 0 spiro atoms. The lowest BCUT2D eigenvalue weighted by molar-refractivity contribution is 0.107. The van der Waals surface area contributed by atoms with Crippen molar-refractivity contribution in [1.29, 1.82) is 5.26 Å². The second kappa shape index (κ2) is 7.40. The van der Waals surface area contributed by atoms with Crippen LogP contribution >= 0.6 is 0 Å². The predicted molar refractivity (Wildman–Crippen MR) is 96.4 cm³/mol. The first-order valence-corrected chi connectivity index (χ1v) is 9.14. The summed E-state index contributed by atoms with van der Waals surface area (Å²) in [6, 6.07) is 11.9. The second-order valence-corrected chi connectivity index (χ2v) is 7.01. The van der Waals surface area contributed by atoms with Gasteiger partial charge in [-0.1, -0.05) is 12.1 Å². The van der Waals surface area contributed by atoms with Gasteiger partial charge in [0.15, 0.2) is 0 Å². The van der Waals surface area contributed by atoms with Crippen molar-refractivity contribution in [3.8, 4) is 6.07 Å². The molecule has 1 unspecified atom stereocenters. The highest BCUT2D eigenvalue weighted by atomic mass is 16.5. The van der Waals surface area contributed by atoms with Crippen LogP contribution < -0.4 is 5.56 Å². The molecule has 0 aliphatic carbocycles. The maximum absolute atomic E-state index is 12.4. The van der Waals surface area contributed by atoms with Crippen LogP contribution in [0.3, 0.4) is 0 Å². The lowest BCUT2D eigenvalue weighted by Crippen LogP contribution is -2.37. The number of nitrogens with zero attached hydrogens (tertiary/aromatic N) is 4. The molecule has 6 heteroatoms. The Kier molecular flexibility index (Phi) is 4.83. The highest BCUT2D eigenvalue weighted by molar-refractivity contribution is 5.31. The van der Waals surface area contributed by atoms with Crippen molar-refractivity contribution >= 4 is 0 Å². The third-order valence-electron chi connectivity index (χ3n) is 5.26. The average Bonchev–Trinajstić information content (AvgIpc) is 3.09. The first-order chi connectivity index (χ1) is 12.7. The molecule has 1 aromatic heterocycles. The minimum Gasteiger partial charge on any atom is -0.376 e. The molecule has 1 aromatic carbocycles. The summed E-state index contributed by atoms with van der Waals surface area (Å²) < 4.78 is 7.04. The molecule has 0 radical (unpaired) electrons. The van der Waals surface area contributed by atoms with Gasteiger partial charge in [0.1, 0.15) is 0 Å². The molecule has 0 N–H and O–H groups in total. The van der Waals surface area contributed by atoms with Crippen molar-refractivity contribution in [3.63, 3.8) is 0 Å². The van der Waals surface area contributed by atoms with Gasteiger partial charge in [-0.15, -0.1) is 0 Å². The molecule has 3 heterocycles. The van der Waals surface area contributed by atoms with Gasteiger partial charge in [-0.2, -0.15) is 10.4 Å². The molecule has 2 aliphatic rings. The van der Waals surface area contributed by atoms with E-state index >= 15 is 0 Å². The van der Waals surface area contributed by atoms with Gasteiger partial charge in [-0.05, 0) is 37.1 Å². The Morgan fingerprint density at radius 2 is 2.15 bits per heavy atom. The van der Waals surface area contributed by atoms with Gasteiger partial charge in [-0.3, -0.25) is 9.69 Å². The van der Waals surface area contributed by atoms with E-state index in [1.54, 1.807) is 10.7 Å². The molecule has 26 heavy (non-hydrogen) atoms.